The number of nitriles is 1. The lowest BCUT2D eigenvalue weighted by molar-refractivity contribution is 0.296. The zero-order valence-electron chi connectivity index (χ0n) is 5.89. The summed E-state index contributed by atoms with van der Waals surface area (Å²) in [5.74, 6) is 0.0688. The van der Waals surface area contributed by atoms with Crippen molar-refractivity contribution >= 4 is 18.3 Å². The first kappa shape index (κ1) is 12.0. The molecule has 0 rings (SSSR count). The van der Waals surface area contributed by atoms with Gasteiger partial charge in [-0.2, -0.15) is 5.26 Å². The van der Waals surface area contributed by atoms with Crippen molar-refractivity contribution in [3.8, 4) is 6.07 Å². The van der Waals surface area contributed by atoms with E-state index in [1.165, 1.54) is 0 Å². The molecule has 0 saturated carbocycles. The van der Waals surface area contributed by atoms with Crippen LogP contribution in [0.3, 0.4) is 0 Å². The number of ether oxygens (including phenoxy) is 1. The SMILES string of the molecule is CCCOC(=N)CC#N.Cl. The third-order valence-corrected chi connectivity index (χ3v) is 0.720. The summed E-state index contributed by atoms with van der Waals surface area (Å²) in [7, 11) is 0. The molecule has 0 heterocycles. The molecule has 3 nitrogen and oxygen atoms in total. The van der Waals surface area contributed by atoms with E-state index >= 15 is 0 Å². The minimum atomic E-state index is 0. The highest BCUT2D eigenvalue weighted by Gasteiger charge is 1.92. The summed E-state index contributed by atoms with van der Waals surface area (Å²) in [6, 6.07) is 1.83. The van der Waals surface area contributed by atoms with Crippen LogP contribution in [0.15, 0.2) is 0 Å². The van der Waals surface area contributed by atoms with Gasteiger partial charge in [0, 0.05) is 0 Å². The topological polar surface area (TPSA) is 56.9 Å². The normalized spacial score (nSPS) is 7.20. The molecule has 1 N–H and O–H groups in total. The van der Waals surface area contributed by atoms with Crippen LogP contribution >= 0.6 is 12.4 Å². The Balaban J connectivity index is 0. The van der Waals surface area contributed by atoms with Gasteiger partial charge in [0.25, 0.3) is 0 Å². The van der Waals surface area contributed by atoms with Crippen LogP contribution in [0.2, 0.25) is 0 Å². The molecule has 0 aromatic heterocycles. The highest BCUT2D eigenvalue weighted by atomic mass is 35.5. The molecule has 0 amide bonds. The summed E-state index contributed by atoms with van der Waals surface area (Å²) in [4.78, 5) is 0. The van der Waals surface area contributed by atoms with Gasteiger partial charge in [0.05, 0.1) is 12.7 Å². The minimum absolute atomic E-state index is 0. The van der Waals surface area contributed by atoms with Crippen molar-refractivity contribution < 1.29 is 4.74 Å². The second kappa shape index (κ2) is 8.25. The monoisotopic (exact) mass is 162 g/mol. The van der Waals surface area contributed by atoms with Crippen molar-refractivity contribution in [2.24, 2.45) is 0 Å². The molecule has 58 valence electrons. The van der Waals surface area contributed by atoms with Gasteiger partial charge in [-0.15, -0.1) is 12.4 Å². The lowest BCUT2D eigenvalue weighted by atomic mass is 10.4. The standard InChI is InChI=1S/C6H10N2O.ClH/c1-2-5-9-6(8)3-4-7;/h8H,2-3,5H2,1H3;1H. The number of nitrogens with one attached hydrogen (secondary N) is 1. The van der Waals surface area contributed by atoms with Gasteiger partial charge in [0.1, 0.15) is 6.42 Å². The fourth-order valence-electron chi connectivity index (χ4n) is 0.348. The number of nitrogens with zero attached hydrogens (tertiary/aromatic N) is 1. The molecular formula is C6H11ClN2O. The van der Waals surface area contributed by atoms with E-state index in [2.05, 4.69) is 0 Å². The van der Waals surface area contributed by atoms with Gasteiger partial charge < -0.3 is 4.74 Å². The largest absolute Gasteiger partial charge is 0.480 e. The molecule has 0 aromatic rings. The summed E-state index contributed by atoms with van der Waals surface area (Å²) in [5, 5.41) is 15.0. The van der Waals surface area contributed by atoms with E-state index in [0.717, 1.165) is 6.42 Å². The highest BCUT2D eigenvalue weighted by Crippen LogP contribution is 1.86. The van der Waals surface area contributed by atoms with Gasteiger partial charge in [0.15, 0.2) is 5.90 Å². The van der Waals surface area contributed by atoms with Gasteiger partial charge in [-0.25, -0.2) is 0 Å². The molecule has 0 atom stereocenters. The van der Waals surface area contributed by atoms with E-state index in [9.17, 15) is 0 Å². The maximum atomic E-state index is 8.07. The van der Waals surface area contributed by atoms with Crippen LogP contribution in [0.5, 0.6) is 0 Å². The van der Waals surface area contributed by atoms with Crippen molar-refractivity contribution in [2.45, 2.75) is 19.8 Å². The zero-order valence-corrected chi connectivity index (χ0v) is 6.70. The lowest BCUT2D eigenvalue weighted by Crippen LogP contribution is -2.02. The van der Waals surface area contributed by atoms with Crippen LogP contribution in [0.1, 0.15) is 19.8 Å². The number of hydrogen-bond donors (Lipinski definition) is 1. The molecule has 10 heavy (non-hydrogen) atoms. The third kappa shape index (κ3) is 7.25. The Bertz CT molecular complexity index is 130. The maximum Gasteiger partial charge on any atom is 0.194 e. The van der Waals surface area contributed by atoms with Crippen LogP contribution in [-0.2, 0) is 4.74 Å². The summed E-state index contributed by atoms with van der Waals surface area (Å²) < 4.78 is 4.79. The van der Waals surface area contributed by atoms with Crippen LogP contribution < -0.4 is 0 Å². The van der Waals surface area contributed by atoms with E-state index in [-0.39, 0.29) is 24.7 Å². The van der Waals surface area contributed by atoms with Crippen LogP contribution in [0.25, 0.3) is 0 Å². The van der Waals surface area contributed by atoms with Gasteiger partial charge in [-0.1, -0.05) is 6.92 Å². The smallest absolute Gasteiger partial charge is 0.194 e. The third-order valence-electron chi connectivity index (χ3n) is 0.720. The van der Waals surface area contributed by atoms with E-state index in [1.54, 1.807) is 0 Å². The van der Waals surface area contributed by atoms with Gasteiger partial charge >= 0.3 is 0 Å². The molecule has 0 aliphatic carbocycles. The van der Waals surface area contributed by atoms with Crippen molar-refractivity contribution in [2.75, 3.05) is 6.61 Å². The highest BCUT2D eigenvalue weighted by molar-refractivity contribution is 5.85. The van der Waals surface area contributed by atoms with Crippen LogP contribution in [0.4, 0.5) is 0 Å². The van der Waals surface area contributed by atoms with Crippen molar-refractivity contribution in [3.63, 3.8) is 0 Å². The van der Waals surface area contributed by atoms with Gasteiger partial charge in [-0.3, -0.25) is 5.41 Å². The van der Waals surface area contributed by atoms with Crippen molar-refractivity contribution in [1.82, 2.24) is 0 Å². The van der Waals surface area contributed by atoms with Crippen molar-refractivity contribution in [1.29, 1.82) is 10.7 Å². The van der Waals surface area contributed by atoms with Crippen LogP contribution in [0, 0.1) is 16.7 Å². The Morgan fingerprint density at radius 1 is 1.70 bits per heavy atom. The molecule has 0 fully saturated rings. The average molecular weight is 163 g/mol. The molecule has 0 unspecified atom stereocenters. The average Bonchev–Trinajstić information content (AvgIpc) is 1.85. The zero-order chi connectivity index (χ0) is 7.11. The summed E-state index contributed by atoms with van der Waals surface area (Å²) >= 11 is 0. The number of halogens is 1. The fraction of sp³-hybridized carbons (Fsp3) is 0.667. The Labute approximate surface area is 66.9 Å². The summed E-state index contributed by atoms with van der Waals surface area (Å²) in [5.41, 5.74) is 0. The Morgan fingerprint density at radius 2 is 2.30 bits per heavy atom. The second-order valence-electron chi connectivity index (χ2n) is 1.61. The van der Waals surface area contributed by atoms with Gasteiger partial charge in [-0.05, 0) is 6.42 Å². The summed E-state index contributed by atoms with van der Waals surface area (Å²) in [6.07, 6.45) is 0.966. The second-order valence-corrected chi connectivity index (χ2v) is 1.61. The Hall–Kier alpha value is -0.750. The molecule has 0 aliphatic rings. The van der Waals surface area contributed by atoms with Gasteiger partial charge in [0.2, 0.25) is 0 Å². The first-order valence-corrected chi connectivity index (χ1v) is 2.88. The first-order valence-electron chi connectivity index (χ1n) is 2.88. The first-order chi connectivity index (χ1) is 4.31. The molecular weight excluding hydrogens is 152 g/mol. The molecule has 0 saturated heterocycles. The Morgan fingerprint density at radius 3 is 2.70 bits per heavy atom. The number of rotatable bonds is 3. The van der Waals surface area contributed by atoms with Crippen LogP contribution in [-0.4, -0.2) is 12.5 Å². The molecule has 0 radical (unpaired) electrons. The predicted octanol–water partition coefficient (Wildman–Crippen LogP) is 1.73. The quantitative estimate of drug-likeness (QED) is 0.508. The molecule has 4 heteroatoms. The summed E-state index contributed by atoms with van der Waals surface area (Å²) in [6.45, 7) is 2.50. The van der Waals surface area contributed by atoms with E-state index in [4.69, 9.17) is 15.4 Å². The Kier molecular flexibility index (Phi) is 9.88. The lowest BCUT2D eigenvalue weighted by Gasteiger charge is -1.99. The van der Waals surface area contributed by atoms with E-state index < -0.39 is 0 Å². The molecule has 0 aromatic carbocycles. The number of hydrogen-bond acceptors (Lipinski definition) is 3. The van der Waals surface area contributed by atoms with E-state index in [0.29, 0.717) is 6.61 Å². The maximum absolute atomic E-state index is 8.07. The predicted molar refractivity (Wildman–Crippen MR) is 41.4 cm³/mol. The fourth-order valence-corrected chi connectivity index (χ4v) is 0.348. The van der Waals surface area contributed by atoms with Crippen molar-refractivity contribution in [3.05, 3.63) is 0 Å². The minimum Gasteiger partial charge on any atom is -0.480 e. The molecule has 0 bridgehead atoms. The molecule has 0 spiro atoms. The molecule has 0 aliphatic heterocycles. The van der Waals surface area contributed by atoms with E-state index in [1.807, 2.05) is 13.0 Å².